The molecule has 0 aliphatic rings. The smallest absolute Gasteiger partial charge is 0.238 e. The van der Waals surface area contributed by atoms with Crippen LogP contribution < -0.4 is 20.1 Å². The average molecular weight is 405 g/mol. The Kier molecular flexibility index (Phi) is 9.42. The first-order valence-electron chi connectivity index (χ1n) is 9.75. The summed E-state index contributed by atoms with van der Waals surface area (Å²) in [6.07, 6.45) is 0. The first-order valence-corrected chi connectivity index (χ1v) is 9.75. The van der Waals surface area contributed by atoms with Gasteiger partial charge in [0.15, 0.2) is 11.5 Å². The Bertz CT molecular complexity index is 745. The third-order valence-corrected chi connectivity index (χ3v) is 4.44. The van der Waals surface area contributed by atoms with Crippen LogP contribution in [0.5, 0.6) is 11.5 Å². The molecule has 1 unspecified atom stereocenters. The lowest BCUT2D eigenvalue weighted by Crippen LogP contribution is -2.51. The predicted molar refractivity (Wildman–Crippen MR) is 112 cm³/mol. The van der Waals surface area contributed by atoms with E-state index < -0.39 is 5.54 Å². The van der Waals surface area contributed by atoms with Crippen LogP contribution in [0.25, 0.3) is 0 Å². The minimum absolute atomic E-state index is 0.00484. The van der Waals surface area contributed by atoms with Crippen molar-refractivity contribution >= 4 is 17.5 Å². The number of anilines is 1. The van der Waals surface area contributed by atoms with E-state index in [9.17, 15) is 14.9 Å². The van der Waals surface area contributed by atoms with Crippen LogP contribution in [-0.4, -0.2) is 55.6 Å². The van der Waals surface area contributed by atoms with Crippen molar-refractivity contribution in [3.63, 3.8) is 0 Å². The van der Waals surface area contributed by atoms with Crippen molar-refractivity contribution in [3.05, 3.63) is 18.2 Å². The highest BCUT2D eigenvalue weighted by Gasteiger charge is 2.30. The Balaban J connectivity index is 2.65. The van der Waals surface area contributed by atoms with Crippen LogP contribution in [0.3, 0.4) is 0 Å². The number of nitrogens with zero attached hydrogens (tertiary/aromatic N) is 2. The monoisotopic (exact) mass is 404 g/mol. The summed E-state index contributed by atoms with van der Waals surface area (Å²) in [5.74, 6) is 0.567. The van der Waals surface area contributed by atoms with Gasteiger partial charge in [0, 0.05) is 11.8 Å². The summed E-state index contributed by atoms with van der Waals surface area (Å²) in [5.41, 5.74) is -0.366. The standard InChI is InChI=1S/C21H32N4O4/c1-7-28-17-10-9-16(11-18(17)29-8-2)23-19(26)12-25(6)13-20(27)24-21(5,14-22)15(3)4/h9-11,15H,7-8,12-13H2,1-6H3,(H,23,26)(H,24,27). The van der Waals surface area contributed by atoms with Crippen molar-refractivity contribution in [1.29, 1.82) is 5.26 Å². The van der Waals surface area contributed by atoms with Gasteiger partial charge in [-0.2, -0.15) is 5.26 Å². The zero-order valence-corrected chi connectivity index (χ0v) is 18.2. The van der Waals surface area contributed by atoms with Gasteiger partial charge in [-0.05, 0) is 45.9 Å². The summed E-state index contributed by atoms with van der Waals surface area (Å²) in [6.45, 7) is 10.2. The summed E-state index contributed by atoms with van der Waals surface area (Å²) >= 11 is 0. The molecule has 1 aromatic carbocycles. The van der Waals surface area contributed by atoms with E-state index >= 15 is 0 Å². The molecule has 0 saturated carbocycles. The number of ether oxygens (including phenoxy) is 2. The van der Waals surface area contributed by atoms with E-state index in [4.69, 9.17) is 9.47 Å². The van der Waals surface area contributed by atoms with Crippen LogP contribution in [0.15, 0.2) is 18.2 Å². The lowest BCUT2D eigenvalue weighted by molar-refractivity contribution is -0.124. The van der Waals surface area contributed by atoms with E-state index in [0.29, 0.717) is 30.4 Å². The van der Waals surface area contributed by atoms with Gasteiger partial charge in [-0.1, -0.05) is 13.8 Å². The predicted octanol–water partition coefficient (Wildman–Crippen LogP) is 2.41. The van der Waals surface area contributed by atoms with Gasteiger partial charge in [0.2, 0.25) is 11.8 Å². The molecule has 0 aliphatic heterocycles. The van der Waals surface area contributed by atoms with E-state index in [1.54, 1.807) is 37.1 Å². The Hall–Kier alpha value is -2.79. The SMILES string of the molecule is CCOc1ccc(NC(=O)CN(C)CC(=O)NC(C)(C#N)C(C)C)cc1OCC. The van der Waals surface area contributed by atoms with Gasteiger partial charge in [-0.15, -0.1) is 0 Å². The molecule has 0 spiro atoms. The maximum absolute atomic E-state index is 12.3. The van der Waals surface area contributed by atoms with Gasteiger partial charge in [0.05, 0.1) is 32.4 Å². The van der Waals surface area contributed by atoms with Crippen LogP contribution in [0, 0.1) is 17.2 Å². The second-order valence-corrected chi connectivity index (χ2v) is 7.27. The topological polar surface area (TPSA) is 104 Å². The van der Waals surface area contributed by atoms with E-state index in [1.165, 1.54) is 0 Å². The highest BCUT2D eigenvalue weighted by molar-refractivity contribution is 5.93. The summed E-state index contributed by atoms with van der Waals surface area (Å²) < 4.78 is 11.1. The fourth-order valence-electron chi connectivity index (χ4n) is 2.51. The average Bonchev–Trinajstić information content (AvgIpc) is 2.63. The van der Waals surface area contributed by atoms with E-state index in [1.807, 2.05) is 27.7 Å². The van der Waals surface area contributed by atoms with Crippen molar-refractivity contribution in [2.75, 3.05) is 38.7 Å². The quantitative estimate of drug-likeness (QED) is 0.587. The van der Waals surface area contributed by atoms with E-state index in [2.05, 4.69) is 16.7 Å². The van der Waals surface area contributed by atoms with E-state index in [0.717, 1.165) is 0 Å². The van der Waals surface area contributed by atoms with Gasteiger partial charge >= 0.3 is 0 Å². The van der Waals surface area contributed by atoms with Crippen molar-refractivity contribution in [2.24, 2.45) is 5.92 Å². The molecule has 8 nitrogen and oxygen atoms in total. The molecular formula is C21H32N4O4. The number of carbonyl (C=O) groups is 2. The normalized spacial score (nSPS) is 12.8. The minimum atomic E-state index is -0.946. The number of benzene rings is 1. The number of nitriles is 1. The molecular weight excluding hydrogens is 372 g/mol. The van der Waals surface area contributed by atoms with Crippen molar-refractivity contribution in [1.82, 2.24) is 10.2 Å². The molecule has 0 aliphatic carbocycles. The molecule has 1 atom stereocenters. The molecule has 29 heavy (non-hydrogen) atoms. The maximum Gasteiger partial charge on any atom is 0.238 e. The number of hydrogen-bond acceptors (Lipinski definition) is 6. The summed E-state index contributed by atoms with van der Waals surface area (Å²) in [4.78, 5) is 26.1. The number of likely N-dealkylation sites (N-methyl/N-ethyl adjacent to an activating group) is 1. The molecule has 0 bridgehead atoms. The van der Waals surface area contributed by atoms with Crippen LogP contribution in [0.1, 0.15) is 34.6 Å². The second kappa shape index (κ2) is 11.3. The summed E-state index contributed by atoms with van der Waals surface area (Å²) in [6, 6.07) is 7.32. The van der Waals surface area contributed by atoms with E-state index in [-0.39, 0.29) is 30.8 Å². The van der Waals surface area contributed by atoms with Crippen LogP contribution in [0.2, 0.25) is 0 Å². The van der Waals surface area contributed by atoms with Gasteiger partial charge in [-0.3, -0.25) is 14.5 Å². The Morgan fingerprint density at radius 3 is 2.28 bits per heavy atom. The van der Waals surface area contributed by atoms with Gasteiger partial charge in [0.1, 0.15) is 5.54 Å². The highest BCUT2D eigenvalue weighted by atomic mass is 16.5. The molecule has 0 fully saturated rings. The van der Waals surface area contributed by atoms with Crippen molar-refractivity contribution in [2.45, 2.75) is 40.2 Å². The zero-order valence-electron chi connectivity index (χ0n) is 18.2. The van der Waals surface area contributed by atoms with Gasteiger partial charge in [0.25, 0.3) is 0 Å². The molecule has 1 aromatic rings. The number of nitrogens with one attached hydrogen (secondary N) is 2. The fourth-order valence-corrected chi connectivity index (χ4v) is 2.51. The molecule has 0 radical (unpaired) electrons. The molecule has 2 amide bonds. The first-order chi connectivity index (χ1) is 13.6. The van der Waals surface area contributed by atoms with Gasteiger partial charge < -0.3 is 20.1 Å². The number of hydrogen-bond donors (Lipinski definition) is 2. The Morgan fingerprint density at radius 1 is 1.14 bits per heavy atom. The number of amides is 2. The Morgan fingerprint density at radius 2 is 1.72 bits per heavy atom. The van der Waals surface area contributed by atoms with Crippen LogP contribution in [0.4, 0.5) is 5.69 Å². The molecule has 0 heterocycles. The Labute approximate surface area is 173 Å². The van der Waals surface area contributed by atoms with Crippen LogP contribution in [-0.2, 0) is 9.59 Å². The second-order valence-electron chi connectivity index (χ2n) is 7.27. The third kappa shape index (κ3) is 7.62. The fraction of sp³-hybridized carbons (Fsp3) is 0.571. The molecule has 0 saturated heterocycles. The van der Waals surface area contributed by atoms with Gasteiger partial charge in [-0.25, -0.2) is 0 Å². The highest BCUT2D eigenvalue weighted by Crippen LogP contribution is 2.30. The minimum Gasteiger partial charge on any atom is -0.490 e. The lowest BCUT2D eigenvalue weighted by atomic mass is 9.90. The largest absolute Gasteiger partial charge is 0.490 e. The van der Waals surface area contributed by atoms with Crippen LogP contribution >= 0.6 is 0 Å². The molecule has 1 rings (SSSR count). The number of carbonyl (C=O) groups excluding carboxylic acids is 2. The lowest BCUT2D eigenvalue weighted by Gasteiger charge is -2.28. The summed E-state index contributed by atoms with van der Waals surface area (Å²) in [7, 11) is 1.67. The molecule has 160 valence electrons. The van der Waals surface area contributed by atoms with Crippen molar-refractivity contribution < 1.29 is 19.1 Å². The first kappa shape index (κ1) is 24.2. The number of rotatable bonds is 11. The molecule has 0 aromatic heterocycles. The van der Waals surface area contributed by atoms with Crippen molar-refractivity contribution in [3.8, 4) is 17.6 Å². The zero-order chi connectivity index (χ0) is 22.0. The maximum atomic E-state index is 12.3. The molecule has 8 heteroatoms. The molecule has 2 N–H and O–H groups in total. The third-order valence-electron chi connectivity index (χ3n) is 4.44. The summed E-state index contributed by atoms with van der Waals surface area (Å²) in [5, 5.41) is 14.8.